The summed E-state index contributed by atoms with van der Waals surface area (Å²) in [7, 11) is 0. The minimum absolute atomic E-state index is 0.0542. The zero-order valence-electron chi connectivity index (χ0n) is 16.6. The summed E-state index contributed by atoms with van der Waals surface area (Å²) in [6, 6.07) is 5.57. The van der Waals surface area contributed by atoms with Gasteiger partial charge in [0.05, 0.1) is 11.9 Å². The number of nitrogens with zero attached hydrogens (tertiary/aromatic N) is 7. The molecular weight excluding hydrogens is 370 g/mol. The SMILES string of the molecule is CC(=O)N1CCN(C(=O)c2ccc(N3CCN(c4ncccn4)CC3)cn2)CC1. The maximum Gasteiger partial charge on any atom is 0.272 e. The Morgan fingerprint density at radius 3 is 2.00 bits per heavy atom. The normalized spacial score (nSPS) is 17.4. The Morgan fingerprint density at radius 2 is 1.41 bits per heavy atom. The van der Waals surface area contributed by atoms with E-state index in [1.807, 2.05) is 12.1 Å². The Kier molecular flexibility index (Phi) is 5.55. The van der Waals surface area contributed by atoms with E-state index in [0.717, 1.165) is 37.8 Å². The molecular formula is C20H25N7O2. The largest absolute Gasteiger partial charge is 0.367 e. The van der Waals surface area contributed by atoms with E-state index in [0.29, 0.717) is 31.9 Å². The van der Waals surface area contributed by atoms with Gasteiger partial charge in [-0.15, -0.1) is 0 Å². The molecule has 0 atom stereocenters. The maximum atomic E-state index is 12.7. The van der Waals surface area contributed by atoms with Crippen molar-refractivity contribution in [1.82, 2.24) is 24.8 Å². The van der Waals surface area contributed by atoms with E-state index in [-0.39, 0.29) is 11.8 Å². The van der Waals surface area contributed by atoms with Gasteiger partial charge in [0.25, 0.3) is 5.91 Å². The Bertz CT molecular complexity index is 843. The minimum Gasteiger partial charge on any atom is -0.367 e. The molecule has 0 aliphatic carbocycles. The molecule has 2 aliphatic heterocycles. The molecule has 2 amide bonds. The molecule has 0 spiro atoms. The van der Waals surface area contributed by atoms with Crippen LogP contribution in [0.3, 0.4) is 0 Å². The Balaban J connectivity index is 1.33. The summed E-state index contributed by atoms with van der Waals surface area (Å²) in [6.45, 7) is 7.18. The van der Waals surface area contributed by atoms with Crippen LogP contribution in [0.2, 0.25) is 0 Å². The van der Waals surface area contributed by atoms with Crippen molar-refractivity contribution in [3.8, 4) is 0 Å². The second-order valence-corrected chi connectivity index (χ2v) is 7.22. The van der Waals surface area contributed by atoms with E-state index in [4.69, 9.17) is 0 Å². The lowest BCUT2D eigenvalue weighted by Gasteiger charge is -2.36. The summed E-state index contributed by atoms with van der Waals surface area (Å²) in [6.07, 6.45) is 5.29. The van der Waals surface area contributed by atoms with Crippen molar-refractivity contribution in [1.29, 1.82) is 0 Å². The summed E-state index contributed by atoms with van der Waals surface area (Å²) < 4.78 is 0. The fourth-order valence-corrected chi connectivity index (χ4v) is 3.71. The average Bonchev–Trinajstić information content (AvgIpc) is 2.79. The van der Waals surface area contributed by atoms with Gasteiger partial charge >= 0.3 is 0 Å². The van der Waals surface area contributed by atoms with Crippen LogP contribution in [0.15, 0.2) is 36.8 Å². The highest BCUT2D eigenvalue weighted by Crippen LogP contribution is 2.18. The predicted molar refractivity (Wildman–Crippen MR) is 109 cm³/mol. The molecule has 4 rings (SSSR count). The zero-order valence-corrected chi connectivity index (χ0v) is 16.6. The zero-order chi connectivity index (χ0) is 20.2. The molecule has 152 valence electrons. The van der Waals surface area contributed by atoms with Crippen molar-refractivity contribution >= 4 is 23.5 Å². The van der Waals surface area contributed by atoms with Crippen LogP contribution < -0.4 is 9.80 Å². The van der Waals surface area contributed by atoms with Crippen LogP contribution in [0.25, 0.3) is 0 Å². The number of hydrogen-bond acceptors (Lipinski definition) is 7. The van der Waals surface area contributed by atoms with Gasteiger partial charge in [-0.2, -0.15) is 0 Å². The second kappa shape index (κ2) is 8.42. The number of carbonyl (C=O) groups excluding carboxylic acids is 2. The van der Waals surface area contributed by atoms with E-state index >= 15 is 0 Å². The lowest BCUT2D eigenvalue weighted by Crippen LogP contribution is -2.50. The number of anilines is 2. The Hall–Kier alpha value is -3.23. The molecule has 0 saturated carbocycles. The summed E-state index contributed by atoms with van der Waals surface area (Å²) >= 11 is 0. The van der Waals surface area contributed by atoms with Gasteiger partial charge in [0.2, 0.25) is 11.9 Å². The molecule has 0 bridgehead atoms. The van der Waals surface area contributed by atoms with Gasteiger partial charge in [0.1, 0.15) is 5.69 Å². The van der Waals surface area contributed by atoms with Gasteiger partial charge < -0.3 is 19.6 Å². The first-order valence-electron chi connectivity index (χ1n) is 9.89. The molecule has 9 heteroatoms. The number of rotatable bonds is 3. The van der Waals surface area contributed by atoms with Gasteiger partial charge in [-0.1, -0.05) is 0 Å². The third-order valence-electron chi connectivity index (χ3n) is 5.46. The molecule has 0 N–H and O–H groups in total. The fraction of sp³-hybridized carbons (Fsp3) is 0.450. The van der Waals surface area contributed by atoms with E-state index in [9.17, 15) is 9.59 Å². The van der Waals surface area contributed by atoms with Gasteiger partial charge in [-0.25, -0.2) is 15.0 Å². The molecule has 9 nitrogen and oxygen atoms in total. The van der Waals surface area contributed by atoms with E-state index in [1.54, 1.807) is 41.4 Å². The number of piperazine rings is 2. The standard InChI is InChI=1S/C20H25N7O2/c1-16(28)24-7-11-26(12-8-24)19(29)18-4-3-17(15-23-18)25-9-13-27(14-10-25)20-21-5-2-6-22-20/h2-6,15H,7-14H2,1H3. The van der Waals surface area contributed by atoms with Crippen molar-refractivity contribution < 1.29 is 9.59 Å². The van der Waals surface area contributed by atoms with Crippen LogP contribution >= 0.6 is 0 Å². The molecule has 2 fully saturated rings. The molecule has 4 heterocycles. The molecule has 2 saturated heterocycles. The van der Waals surface area contributed by atoms with Crippen molar-refractivity contribution in [3.63, 3.8) is 0 Å². The van der Waals surface area contributed by atoms with E-state index in [1.165, 1.54) is 0 Å². The van der Waals surface area contributed by atoms with Gasteiger partial charge in [0.15, 0.2) is 0 Å². The summed E-state index contributed by atoms with van der Waals surface area (Å²) in [5.41, 5.74) is 1.46. The summed E-state index contributed by atoms with van der Waals surface area (Å²) in [5, 5.41) is 0. The Labute approximate surface area is 170 Å². The smallest absolute Gasteiger partial charge is 0.272 e. The number of hydrogen-bond donors (Lipinski definition) is 0. The first-order valence-corrected chi connectivity index (χ1v) is 9.89. The van der Waals surface area contributed by atoms with Crippen molar-refractivity contribution in [2.45, 2.75) is 6.92 Å². The highest BCUT2D eigenvalue weighted by Gasteiger charge is 2.24. The maximum absolute atomic E-state index is 12.7. The van der Waals surface area contributed by atoms with Crippen molar-refractivity contribution in [2.24, 2.45) is 0 Å². The number of aromatic nitrogens is 3. The van der Waals surface area contributed by atoms with E-state index in [2.05, 4.69) is 24.8 Å². The lowest BCUT2D eigenvalue weighted by molar-refractivity contribution is -0.130. The molecule has 2 aromatic heterocycles. The van der Waals surface area contributed by atoms with Crippen LogP contribution in [-0.4, -0.2) is 88.9 Å². The second-order valence-electron chi connectivity index (χ2n) is 7.22. The molecule has 0 unspecified atom stereocenters. The molecule has 2 aromatic rings. The molecule has 0 aromatic carbocycles. The predicted octanol–water partition coefficient (Wildman–Crippen LogP) is 0.503. The van der Waals surface area contributed by atoms with Gasteiger partial charge in [-0.05, 0) is 18.2 Å². The molecule has 0 radical (unpaired) electrons. The number of pyridine rings is 1. The third-order valence-corrected chi connectivity index (χ3v) is 5.46. The van der Waals surface area contributed by atoms with Crippen LogP contribution in [0.1, 0.15) is 17.4 Å². The number of amides is 2. The summed E-state index contributed by atoms with van der Waals surface area (Å²) in [4.78, 5) is 45.1. The Morgan fingerprint density at radius 1 is 0.793 bits per heavy atom. The highest BCUT2D eigenvalue weighted by molar-refractivity contribution is 5.92. The highest BCUT2D eigenvalue weighted by atomic mass is 16.2. The van der Waals surface area contributed by atoms with E-state index < -0.39 is 0 Å². The first-order chi connectivity index (χ1) is 14.1. The van der Waals surface area contributed by atoms with Crippen LogP contribution in [-0.2, 0) is 4.79 Å². The monoisotopic (exact) mass is 395 g/mol. The summed E-state index contributed by atoms with van der Waals surface area (Å²) in [5.74, 6) is 0.736. The van der Waals surface area contributed by atoms with Crippen LogP contribution in [0, 0.1) is 0 Å². The average molecular weight is 395 g/mol. The number of carbonyl (C=O) groups is 2. The van der Waals surface area contributed by atoms with Gasteiger partial charge in [0, 0.05) is 71.7 Å². The quantitative estimate of drug-likeness (QED) is 0.748. The first kappa shape index (κ1) is 19.1. The third kappa shape index (κ3) is 4.28. The van der Waals surface area contributed by atoms with Crippen LogP contribution in [0.5, 0.6) is 0 Å². The molecule has 2 aliphatic rings. The fourth-order valence-electron chi connectivity index (χ4n) is 3.71. The minimum atomic E-state index is -0.0780. The lowest BCUT2D eigenvalue weighted by atomic mass is 10.2. The topological polar surface area (TPSA) is 85.8 Å². The van der Waals surface area contributed by atoms with Crippen LogP contribution in [0.4, 0.5) is 11.6 Å². The van der Waals surface area contributed by atoms with Crippen molar-refractivity contribution in [3.05, 3.63) is 42.5 Å². The molecule has 29 heavy (non-hydrogen) atoms. The van der Waals surface area contributed by atoms with Crippen molar-refractivity contribution in [2.75, 3.05) is 62.2 Å². The van der Waals surface area contributed by atoms with Gasteiger partial charge in [-0.3, -0.25) is 9.59 Å².